The lowest BCUT2D eigenvalue weighted by Crippen LogP contribution is -2.26. The number of anilines is 1. The second-order valence-corrected chi connectivity index (χ2v) is 6.51. The molecule has 0 fully saturated rings. The van der Waals surface area contributed by atoms with E-state index in [4.69, 9.17) is 9.47 Å². The van der Waals surface area contributed by atoms with Gasteiger partial charge in [0.05, 0.1) is 13.2 Å². The number of carbonyl (C=O) groups is 2. The summed E-state index contributed by atoms with van der Waals surface area (Å²) in [6, 6.07) is 13.7. The van der Waals surface area contributed by atoms with Gasteiger partial charge in [-0.2, -0.15) is 0 Å². The minimum atomic E-state index is -0.220. The zero-order valence-corrected chi connectivity index (χ0v) is 16.0. The Labute approximate surface area is 159 Å². The van der Waals surface area contributed by atoms with E-state index in [0.717, 1.165) is 5.75 Å². The zero-order valence-electron chi connectivity index (χ0n) is 16.0. The molecule has 0 bridgehead atoms. The van der Waals surface area contributed by atoms with Crippen molar-refractivity contribution in [3.63, 3.8) is 0 Å². The Morgan fingerprint density at radius 1 is 0.926 bits per heavy atom. The van der Waals surface area contributed by atoms with Crippen LogP contribution in [0.25, 0.3) is 0 Å². The van der Waals surface area contributed by atoms with Crippen molar-refractivity contribution in [1.82, 2.24) is 5.32 Å². The summed E-state index contributed by atoms with van der Waals surface area (Å²) in [5.41, 5.74) is 1.68. The fraction of sp³-hybridized carbons (Fsp3) is 0.333. The van der Waals surface area contributed by atoms with Gasteiger partial charge >= 0.3 is 0 Å². The number of methoxy groups -OCH3 is 1. The van der Waals surface area contributed by atoms with Crippen LogP contribution in [0.3, 0.4) is 0 Å². The molecule has 0 atom stereocenters. The van der Waals surface area contributed by atoms with Crippen LogP contribution in [0.5, 0.6) is 5.75 Å². The number of carbonyl (C=O) groups excluding carboxylic acids is 2. The fourth-order valence-corrected chi connectivity index (χ4v) is 2.24. The minimum Gasteiger partial charge on any atom is -0.493 e. The molecule has 0 aromatic heterocycles. The average Bonchev–Trinajstić information content (AvgIpc) is 2.67. The number of benzene rings is 2. The van der Waals surface area contributed by atoms with E-state index in [2.05, 4.69) is 24.5 Å². The number of hydrogen-bond donors (Lipinski definition) is 2. The molecule has 0 saturated heterocycles. The Hall–Kier alpha value is -2.86. The summed E-state index contributed by atoms with van der Waals surface area (Å²) in [5, 5.41) is 5.56. The summed E-state index contributed by atoms with van der Waals surface area (Å²) < 4.78 is 10.5. The molecule has 27 heavy (non-hydrogen) atoms. The first-order valence-corrected chi connectivity index (χ1v) is 8.91. The number of rotatable bonds is 9. The second-order valence-electron chi connectivity index (χ2n) is 6.51. The molecule has 6 heteroatoms. The zero-order chi connectivity index (χ0) is 19.6. The number of ether oxygens (including phenoxy) is 2. The third kappa shape index (κ3) is 6.75. The largest absolute Gasteiger partial charge is 0.493 e. The molecule has 0 spiro atoms. The summed E-state index contributed by atoms with van der Waals surface area (Å²) >= 11 is 0. The van der Waals surface area contributed by atoms with Crippen molar-refractivity contribution >= 4 is 17.5 Å². The molecule has 2 N–H and O–H groups in total. The Bertz CT molecular complexity index is 740. The maximum absolute atomic E-state index is 12.3. The number of hydrogen-bond acceptors (Lipinski definition) is 4. The van der Waals surface area contributed by atoms with Crippen LogP contribution >= 0.6 is 0 Å². The molecule has 0 radical (unpaired) electrons. The lowest BCUT2D eigenvalue weighted by atomic mass is 10.1. The van der Waals surface area contributed by atoms with E-state index in [1.165, 1.54) is 0 Å². The topological polar surface area (TPSA) is 76.7 Å². The van der Waals surface area contributed by atoms with E-state index < -0.39 is 0 Å². The summed E-state index contributed by atoms with van der Waals surface area (Å²) in [6.45, 7) is 5.70. The first-order valence-electron chi connectivity index (χ1n) is 8.91. The maximum atomic E-state index is 12.3. The van der Waals surface area contributed by atoms with Crippen LogP contribution in [0, 0.1) is 5.92 Å². The van der Waals surface area contributed by atoms with Gasteiger partial charge in [0.15, 0.2) is 0 Å². The van der Waals surface area contributed by atoms with Crippen molar-refractivity contribution in [3.05, 3.63) is 59.7 Å². The van der Waals surface area contributed by atoms with Crippen molar-refractivity contribution < 1.29 is 19.1 Å². The van der Waals surface area contributed by atoms with Gasteiger partial charge < -0.3 is 20.1 Å². The summed E-state index contributed by atoms with van der Waals surface area (Å²) in [5.74, 6) is 0.784. The number of amides is 2. The summed E-state index contributed by atoms with van der Waals surface area (Å²) in [7, 11) is 1.58. The highest BCUT2D eigenvalue weighted by Crippen LogP contribution is 2.15. The Morgan fingerprint density at radius 3 is 2.11 bits per heavy atom. The van der Waals surface area contributed by atoms with Crippen LogP contribution < -0.4 is 15.4 Å². The van der Waals surface area contributed by atoms with Gasteiger partial charge in [0.2, 0.25) is 0 Å². The lowest BCUT2D eigenvalue weighted by Gasteiger charge is -2.10. The molecule has 0 aliphatic heterocycles. The Kier molecular flexibility index (Phi) is 7.82. The molecule has 144 valence electrons. The van der Waals surface area contributed by atoms with Crippen molar-refractivity contribution in [2.45, 2.75) is 13.8 Å². The highest BCUT2D eigenvalue weighted by molar-refractivity contribution is 6.04. The predicted molar refractivity (Wildman–Crippen MR) is 105 cm³/mol. The Balaban J connectivity index is 1.90. The standard InChI is InChI=1S/C21H26N2O4/c1-15(2)14-27-19-10-6-17(7-11-19)21(25)23-18-8-4-16(5-9-18)20(24)22-12-13-26-3/h4-11,15H,12-14H2,1-3H3,(H,22,24)(H,23,25). The van der Waals surface area contributed by atoms with Gasteiger partial charge in [-0.05, 0) is 54.4 Å². The van der Waals surface area contributed by atoms with Crippen LogP contribution in [0.15, 0.2) is 48.5 Å². The van der Waals surface area contributed by atoms with Crippen LogP contribution in [-0.4, -0.2) is 38.7 Å². The van der Waals surface area contributed by atoms with E-state index >= 15 is 0 Å². The molecule has 2 aromatic carbocycles. The monoisotopic (exact) mass is 370 g/mol. The van der Waals surface area contributed by atoms with Crippen LogP contribution in [0.1, 0.15) is 34.6 Å². The van der Waals surface area contributed by atoms with Gasteiger partial charge in [-0.3, -0.25) is 9.59 Å². The van der Waals surface area contributed by atoms with E-state index in [1.54, 1.807) is 55.6 Å². The SMILES string of the molecule is COCCNC(=O)c1ccc(NC(=O)c2ccc(OCC(C)C)cc2)cc1. The van der Waals surface area contributed by atoms with Gasteiger partial charge in [0.1, 0.15) is 5.75 Å². The first kappa shape index (κ1) is 20.5. The Morgan fingerprint density at radius 2 is 1.52 bits per heavy atom. The van der Waals surface area contributed by atoms with Gasteiger partial charge in [0.25, 0.3) is 11.8 Å². The van der Waals surface area contributed by atoms with E-state index in [0.29, 0.717) is 42.5 Å². The predicted octanol–water partition coefficient (Wildman–Crippen LogP) is 3.35. The van der Waals surface area contributed by atoms with Gasteiger partial charge in [-0.25, -0.2) is 0 Å². The molecule has 2 aromatic rings. The van der Waals surface area contributed by atoms with Crippen molar-refractivity contribution in [2.24, 2.45) is 5.92 Å². The molecule has 0 unspecified atom stereocenters. The van der Waals surface area contributed by atoms with Gasteiger partial charge in [-0.1, -0.05) is 13.8 Å². The minimum absolute atomic E-state index is 0.179. The highest BCUT2D eigenvalue weighted by Gasteiger charge is 2.08. The van der Waals surface area contributed by atoms with Crippen LogP contribution in [0.2, 0.25) is 0 Å². The highest BCUT2D eigenvalue weighted by atomic mass is 16.5. The van der Waals surface area contributed by atoms with Crippen LogP contribution in [-0.2, 0) is 4.74 Å². The number of nitrogens with one attached hydrogen (secondary N) is 2. The molecule has 0 saturated carbocycles. The smallest absolute Gasteiger partial charge is 0.255 e. The molecule has 0 aliphatic rings. The lowest BCUT2D eigenvalue weighted by molar-refractivity contribution is 0.0936. The van der Waals surface area contributed by atoms with Crippen molar-refractivity contribution in [1.29, 1.82) is 0 Å². The molecule has 0 heterocycles. The second kappa shape index (κ2) is 10.3. The molecule has 6 nitrogen and oxygen atoms in total. The third-order valence-corrected chi connectivity index (χ3v) is 3.70. The summed E-state index contributed by atoms with van der Waals surface area (Å²) in [6.07, 6.45) is 0. The van der Waals surface area contributed by atoms with E-state index in [9.17, 15) is 9.59 Å². The van der Waals surface area contributed by atoms with Gasteiger partial charge in [-0.15, -0.1) is 0 Å². The van der Waals surface area contributed by atoms with E-state index in [-0.39, 0.29) is 11.8 Å². The first-order chi connectivity index (χ1) is 13.0. The average molecular weight is 370 g/mol. The van der Waals surface area contributed by atoms with E-state index in [1.807, 2.05) is 0 Å². The molecular weight excluding hydrogens is 344 g/mol. The molecule has 0 aliphatic carbocycles. The quantitative estimate of drug-likeness (QED) is 0.664. The fourth-order valence-electron chi connectivity index (χ4n) is 2.24. The van der Waals surface area contributed by atoms with Gasteiger partial charge in [0, 0.05) is 30.5 Å². The third-order valence-electron chi connectivity index (χ3n) is 3.70. The normalized spacial score (nSPS) is 10.5. The van der Waals surface area contributed by atoms with Crippen molar-refractivity contribution in [2.75, 3.05) is 32.2 Å². The van der Waals surface area contributed by atoms with Crippen molar-refractivity contribution in [3.8, 4) is 5.75 Å². The van der Waals surface area contributed by atoms with Crippen LogP contribution in [0.4, 0.5) is 5.69 Å². The molecule has 2 amide bonds. The molecular formula is C21H26N2O4. The summed E-state index contributed by atoms with van der Waals surface area (Å²) in [4.78, 5) is 24.3. The maximum Gasteiger partial charge on any atom is 0.255 e. The molecule has 2 rings (SSSR count).